The lowest BCUT2D eigenvalue weighted by Gasteiger charge is -2.27. The van der Waals surface area contributed by atoms with Crippen LogP contribution in [0.5, 0.6) is 0 Å². The zero-order chi connectivity index (χ0) is 22.1. The number of nitrogens with zero attached hydrogens (tertiary/aromatic N) is 1. The van der Waals surface area contributed by atoms with Gasteiger partial charge in [-0.1, -0.05) is 54.1 Å². The van der Waals surface area contributed by atoms with Crippen LogP contribution < -0.4 is 0 Å². The fraction of sp³-hybridized carbons (Fsp3) is 0.120. The Morgan fingerprint density at radius 3 is 2.16 bits per heavy atom. The number of carboxylic acid groups (broad SMARTS) is 1. The summed E-state index contributed by atoms with van der Waals surface area (Å²) in [6.45, 7) is 2.10. The number of hydrogen-bond donors (Lipinski definition) is 2. The second kappa shape index (κ2) is 8.07. The predicted molar refractivity (Wildman–Crippen MR) is 114 cm³/mol. The number of amides is 1. The maximum absolute atomic E-state index is 13.3. The van der Waals surface area contributed by atoms with E-state index >= 15 is 0 Å². The van der Waals surface area contributed by atoms with Crippen molar-refractivity contribution in [1.29, 1.82) is 0 Å². The van der Waals surface area contributed by atoms with Gasteiger partial charge in [0.15, 0.2) is 5.76 Å². The van der Waals surface area contributed by atoms with Gasteiger partial charge in [-0.2, -0.15) is 0 Å². The maximum atomic E-state index is 13.3. The van der Waals surface area contributed by atoms with Gasteiger partial charge in [0.05, 0.1) is 11.6 Å². The van der Waals surface area contributed by atoms with Crippen molar-refractivity contribution in [3.05, 3.63) is 112 Å². The zero-order valence-electron chi connectivity index (χ0n) is 16.7. The standard InChI is InChI=1S/C25H20FNO4/c1-15-2-6-17(7-3-15)21-22(18-8-10-19(11-9-18)25(30)31)27(24(29)23(21)28)14-16-4-12-20(26)13-5-16/h2-13,22,28H,14H2,1H3,(H,30,31)/t22-/m1/s1. The molecule has 3 aromatic carbocycles. The van der Waals surface area contributed by atoms with E-state index in [0.29, 0.717) is 22.3 Å². The Balaban J connectivity index is 1.80. The summed E-state index contributed by atoms with van der Waals surface area (Å²) >= 11 is 0. The normalized spacial score (nSPS) is 16.1. The summed E-state index contributed by atoms with van der Waals surface area (Å²) in [5.41, 5.74) is 3.70. The van der Waals surface area contributed by atoms with Gasteiger partial charge >= 0.3 is 5.97 Å². The van der Waals surface area contributed by atoms with Gasteiger partial charge in [0.1, 0.15) is 5.82 Å². The van der Waals surface area contributed by atoms with Crippen molar-refractivity contribution in [1.82, 2.24) is 4.90 Å². The number of aromatic carboxylic acids is 1. The molecule has 1 aliphatic rings. The molecule has 31 heavy (non-hydrogen) atoms. The molecule has 0 fully saturated rings. The summed E-state index contributed by atoms with van der Waals surface area (Å²) in [5, 5.41) is 20.0. The number of benzene rings is 3. The van der Waals surface area contributed by atoms with Crippen LogP contribution in [0.15, 0.2) is 78.6 Å². The molecule has 0 saturated carbocycles. The highest BCUT2D eigenvalue weighted by Crippen LogP contribution is 2.43. The van der Waals surface area contributed by atoms with E-state index in [9.17, 15) is 24.2 Å². The second-order valence-corrected chi connectivity index (χ2v) is 7.52. The van der Waals surface area contributed by atoms with E-state index in [1.54, 1.807) is 24.3 Å². The van der Waals surface area contributed by atoms with Crippen molar-refractivity contribution in [2.75, 3.05) is 0 Å². The molecule has 0 spiro atoms. The van der Waals surface area contributed by atoms with Gasteiger partial charge in [0.25, 0.3) is 5.91 Å². The van der Waals surface area contributed by atoms with E-state index in [2.05, 4.69) is 0 Å². The lowest BCUT2D eigenvalue weighted by atomic mass is 9.92. The molecule has 1 heterocycles. The van der Waals surface area contributed by atoms with Gasteiger partial charge < -0.3 is 15.1 Å². The van der Waals surface area contributed by atoms with Crippen LogP contribution >= 0.6 is 0 Å². The third-order valence-corrected chi connectivity index (χ3v) is 5.41. The Morgan fingerprint density at radius 2 is 1.58 bits per heavy atom. The average molecular weight is 417 g/mol. The van der Waals surface area contributed by atoms with E-state index < -0.39 is 17.9 Å². The molecule has 1 atom stereocenters. The molecule has 156 valence electrons. The number of halogens is 1. The second-order valence-electron chi connectivity index (χ2n) is 7.52. The first-order chi connectivity index (χ1) is 14.8. The topological polar surface area (TPSA) is 77.8 Å². The number of aliphatic hydroxyl groups excluding tert-OH is 1. The molecular weight excluding hydrogens is 397 g/mol. The molecular formula is C25H20FNO4. The van der Waals surface area contributed by atoms with Crippen LogP contribution in [0.1, 0.15) is 38.7 Å². The molecule has 0 saturated heterocycles. The van der Waals surface area contributed by atoms with Gasteiger partial charge in [-0.3, -0.25) is 4.79 Å². The van der Waals surface area contributed by atoms with E-state index in [1.807, 2.05) is 31.2 Å². The van der Waals surface area contributed by atoms with Gasteiger partial charge in [-0.25, -0.2) is 9.18 Å². The third kappa shape index (κ3) is 3.92. The summed E-state index contributed by atoms with van der Waals surface area (Å²) in [7, 11) is 0. The first-order valence-electron chi connectivity index (χ1n) is 9.74. The lowest BCUT2D eigenvalue weighted by Crippen LogP contribution is -2.29. The molecule has 0 unspecified atom stereocenters. The number of hydrogen-bond acceptors (Lipinski definition) is 3. The summed E-state index contributed by atoms with van der Waals surface area (Å²) in [4.78, 5) is 25.8. The van der Waals surface area contributed by atoms with E-state index in [-0.39, 0.29) is 23.7 Å². The summed E-state index contributed by atoms with van der Waals surface area (Å²) in [6, 6.07) is 18.9. The minimum atomic E-state index is -1.05. The molecule has 5 nitrogen and oxygen atoms in total. The zero-order valence-corrected chi connectivity index (χ0v) is 16.7. The monoisotopic (exact) mass is 417 g/mol. The van der Waals surface area contributed by atoms with Crippen molar-refractivity contribution >= 4 is 17.4 Å². The summed E-state index contributed by atoms with van der Waals surface area (Å²) < 4.78 is 13.3. The molecule has 6 heteroatoms. The molecule has 2 N–H and O–H groups in total. The van der Waals surface area contributed by atoms with Crippen molar-refractivity contribution in [2.45, 2.75) is 19.5 Å². The largest absolute Gasteiger partial charge is 0.503 e. The molecule has 0 aliphatic carbocycles. The number of aryl methyl sites for hydroxylation is 1. The summed E-state index contributed by atoms with van der Waals surface area (Å²) in [5.74, 6) is -2.31. The summed E-state index contributed by atoms with van der Waals surface area (Å²) in [6.07, 6.45) is 0. The predicted octanol–water partition coefficient (Wildman–Crippen LogP) is 4.89. The molecule has 1 amide bonds. The van der Waals surface area contributed by atoms with E-state index in [0.717, 1.165) is 5.56 Å². The Labute approximate surface area is 178 Å². The molecule has 1 aliphatic heterocycles. The lowest BCUT2D eigenvalue weighted by molar-refractivity contribution is -0.130. The van der Waals surface area contributed by atoms with Gasteiger partial charge in [0, 0.05) is 12.1 Å². The minimum absolute atomic E-state index is 0.128. The Kier molecular flexibility index (Phi) is 5.29. The van der Waals surface area contributed by atoms with Crippen LogP contribution in [-0.2, 0) is 11.3 Å². The Bertz CT molecular complexity index is 1170. The van der Waals surface area contributed by atoms with Crippen molar-refractivity contribution in [2.24, 2.45) is 0 Å². The SMILES string of the molecule is Cc1ccc(C2=C(O)C(=O)N(Cc3ccc(F)cc3)[C@@H]2c2ccc(C(=O)O)cc2)cc1. The van der Waals surface area contributed by atoms with E-state index in [4.69, 9.17) is 0 Å². The quantitative estimate of drug-likeness (QED) is 0.620. The number of rotatable bonds is 5. The van der Waals surface area contributed by atoms with Crippen LogP contribution in [0.2, 0.25) is 0 Å². The van der Waals surface area contributed by atoms with Gasteiger partial charge in [-0.05, 0) is 47.9 Å². The van der Waals surface area contributed by atoms with E-state index in [1.165, 1.54) is 29.2 Å². The first-order valence-corrected chi connectivity index (χ1v) is 9.74. The average Bonchev–Trinajstić information content (AvgIpc) is 3.01. The van der Waals surface area contributed by atoms with Crippen LogP contribution in [-0.4, -0.2) is 27.0 Å². The van der Waals surface area contributed by atoms with Crippen LogP contribution in [0, 0.1) is 12.7 Å². The van der Waals surface area contributed by atoms with Crippen LogP contribution in [0.3, 0.4) is 0 Å². The smallest absolute Gasteiger partial charge is 0.335 e. The highest BCUT2D eigenvalue weighted by atomic mass is 19.1. The highest BCUT2D eigenvalue weighted by molar-refractivity contribution is 6.05. The molecule has 3 aromatic rings. The number of aliphatic hydroxyl groups is 1. The fourth-order valence-corrected chi connectivity index (χ4v) is 3.79. The van der Waals surface area contributed by atoms with Crippen molar-refractivity contribution < 1.29 is 24.2 Å². The minimum Gasteiger partial charge on any atom is -0.503 e. The molecule has 0 radical (unpaired) electrons. The van der Waals surface area contributed by atoms with Crippen molar-refractivity contribution in [3.8, 4) is 0 Å². The maximum Gasteiger partial charge on any atom is 0.335 e. The van der Waals surface area contributed by atoms with Crippen LogP contribution in [0.4, 0.5) is 4.39 Å². The molecule has 0 bridgehead atoms. The van der Waals surface area contributed by atoms with Crippen LogP contribution in [0.25, 0.3) is 5.57 Å². The number of carboxylic acids is 1. The highest BCUT2D eigenvalue weighted by Gasteiger charge is 2.41. The van der Waals surface area contributed by atoms with Gasteiger partial charge in [-0.15, -0.1) is 0 Å². The number of carbonyl (C=O) groups excluding carboxylic acids is 1. The van der Waals surface area contributed by atoms with Crippen molar-refractivity contribution in [3.63, 3.8) is 0 Å². The molecule has 0 aromatic heterocycles. The molecule has 4 rings (SSSR count). The first kappa shape index (κ1) is 20.3. The third-order valence-electron chi connectivity index (χ3n) is 5.41. The van der Waals surface area contributed by atoms with Gasteiger partial charge in [0.2, 0.25) is 0 Å². The Hall–Kier alpha value is -3.93. The number of carbonyl (C=O) groups is 2. The Morgan fingerprint density at radius 1 is 0.968 bits per heavy atom. The fourth-order valence-electron chi connectivity index (χ4n) is 3.79.